The summed E-state index contributed by atoms with van der Waals surface area (Å²) < 4.78 is 0. The van der Waals surface area contributed by atoms with Crippen LogP contribution in [0.25, 0.3) is 0 Å². The first-order valence-electron chi connectivity index (χ1n) is 5.89. The Bertz CT molecular complexity index is 589. The summed E-state index contributed by atoms with van der Waals surface area (Å²) in [5.41, 5.74) is 1.26. The fourth-order valence-corrected chi connectivity index (χ4v) is 1.56. The third-order valence-electron chi connectivity index (χ3n) is 2.49. The number of nitrogens with one attached hydrogen (secondary N) is 1. The zero-order valence-corrected chi connectivity index (χ0v) is 10.2. The molecule has 3 heteroatoms. The van der Waals surface area contributed by atoms with Gasteiger partial charge in [-0.05, 0) is 18.2 Å². The van der Waals surface area contributed by atoms with E-state index >= 15 is 0 Å². The molecular weight excluding hydrogens is 238 g/mol. The van der Waals surface area contributed by atoms with Gasteiger partial charge in [-0.3, -0.25) is 9.59 Å². The number of ketones is 1. The topological polar surface area (TPSA) is 46.2 Å². The summed E-state index contributed by atoms with van der Waals surface area (Å²) >= 11 is 0. The van der Waals surface area contributed by atoms with Crippen LogP contribution in [0.3, 0.4) is 0 Å². The molecule has 0 unspecified atom stereocenters. The van der Waals surface area contributed by atoms with Crippen LogP contribution in [-0.4, -0.2) is 11.7 Å². The van der Waals surface area contributed by atoms with E-state index in [4.69, 9.17) is 0 Å². The van der Waals surface area contributed by atoms with E-state index in [2.05, 4.69) is 5.32 Å². The number of carbonyl (C=O) groups excluding carboxylic acids is 2. The summed E-state index contributed by atoms with van der Waals surface area (Å²) in [5, 5.41) is 2.67. The van der Waals surface area contributed by atoms with Crippen LogP contribution in [0.2, 0.25) is 0 Å². The third-order valence-corrected chi connectivity index (χ3v) is 2.49. The van der Waals surface area contributed by atoms with E-state index in [1.807, 2.05) is 24.3 Å². The van der Waals surface area contributed by atoms with Crippen LogP contribution < -0.4 is 5.32 Å². The zero-order chi connectivity index (χ0) is 13.5. The smallest absolute Gasteiger partial charge is 0.248 e. The van der Waals surface area contributed by atoms with Gasteiger partial charge in [0, 0.05) is 17.3 Å². The Morgan fingerprint density at radius 1 is 0.789 bits per heavy atom. The Morgan fingerprint density at radius 2 is 1.37 bits per heavy atom. The average Bonchev–Trinajstić information content (AvgIpc) is 2.47. The van der Waals surface area contributed by atoms with Crippen LogP contribution in [0.1, 0.15) is 10.4 Å². The largest absolute Gasteiger partial charge is 0.323 e. The van der Waals surface area contributed by atoms with Gasteiger partial charge in [0.1, 0.15) is 0 Å². The maximum absolute atomic E-state index is 11.7. The van der Waals surface area contributed by atoms with Crippen molar-refractivity contribution in [2.24, 2.45) is 0 Å². The summed E-state index contributed by atoms with van der Waals surface area (Å²) in [7, 11) is 0. The molecule has 2 aromatic carbocycles. The summed E-state index contributed by atoms with van der Waals surface area (Å²) in [4.78, 5) is 23.3. The Labute approximate surface area is 111 Å². The molecule has 2 aromatic rings. The molecule has 0 aliphatic carbocycles. The molecule has 0 bridgehead atoms. The summed E-state index contributed by atoms with van der Waals surface area (Å²) in [6.07, 6.45) is 2.51. The van der Waals surface area contributed by atoms with Crippen LogP contribution in [0.4, 0.5) is 5.69 Å². The van der Waals surface area contributed by atoms with Gasteiger partial charge in [0.2, 0.25) is 5.91 Å². The molecule has 94 valence electrons. The number of carbonyl (C=O) groups is 2. The molecule has 3 nitrogen and oxygen atoms in total. The third kappa shape index (κ3) is 3.92. The molecule has 0 aliphatic heterocycles. The minimum atomic E-state index is -0.324. The highest BCUT2D eigenvalue weighted by Gasteiger charge is 2.01. The van der Waals surface area contributed by atoms with Gasteiger partial charge in [0.05, 0.1) is 0 Å². The maximum atomic E-state index is 11.7. The molecule has 0 saturated heterocycles. The molecule has 0 radical (unpaired) electrons. The quantitative estimate of drug-likeness (QED) is 0.670. The highest BCUT2D eigenvalue weighted by atomic mass is 16.1. The van der Waals surface area contributed by atoms with Crippen molar-refractivity contribution in [3.05, 3.63) is 78.4 Å². The standard InChI is InChI=1S/C16H13NO2/c18-15(13-7-3-1-4-8-13)11-12-16(19)17-14-9-5-2-6-10-14/h1-12H,(H,17,19). The Hall–Kier alpha value is -2.68. The van der Waals surface area contributed by atoms with E-state index in [9.17, 15) is 9.59 Å². The van der Waals surface area contributed by atoms with Crippen molar-refractivity contribution in [3.8, 4) is 0 Å². The van der Waals surface area contributed by atoms with Crippen molar-refractivity contribution in [1.29, 1.82) is 0 Å². The minimum Gasteiger partial charge on any atom is -0.323 e. The number of benzene rings is 2. The number of amides is 1. The summed E-state index contributed by atoms with van der Waals surface area (Å²) in [6, 6.07) is 17.9. The molecular formula is C16H13NO2. The molecule has 1 amide bonds. The molecule has 0 aromatic heterocycles. The lowest BCUT2D eigenvalue weighted by molar-refractivity contribution is -0.111. The lowest BCUT2D eigenvalue weighted by Gasteiger charge is -2.00. The van der Waals surface area contributed by atoms with Gasteiger partial charge >= 0.3 is 0 Å². The summed E-state index contributed by atoms with van der Waals surface area (Å²) in [6.45, 7) is 0. The second kappa shape index (κ2) is 6.31. The fraction of sp³-hybridized carbons (Fsp3) is 0. The van der Waals surface area contributed by atoms with Gasteiger partial charge in [0.15, 0.2) is 5.78 Å². The van der Waals surface area contributed by atoms with Crippen LogP contribution in [0.5, 0.6) is 0 Å². The predicted octanol–water partition coefficient (Wildman–Crippen LogP) is 3.06. The lowest BCUT2D eigenvalue weighted by atomic mass is 10.1. The normalized spacial score (nSPS) is 10.3. The second-order valence-electron chi connectivity index (χ2n) is 3.92. The molecule has 0 heterocycles. The lowest BCUT2D eigenvalue weighted by Crippen LogP contribution is -2.08. The van der Waals surface area contributed by atoms with Gasteiger partial charge in [-0.15, -0.1) is 0 Å². The van der Waals surface area contributed by atoms with Crippen LogP contribution in [-0.2, 0) is 4.79 Å². The second-order valence-corrected chi connectivity index (χ2v) is 3.92. The number of rotatable bonds is 4. The van der Waals surface area contributed by atoms with Gasteiger partial charge in [-0.1, -0.05) is 48.5 Å². The van der Waals surface area contributed by atoms with E-state index in [0.717, 1.165) is 0 Å². The first kappa shape index (κ1) is 12.8. The number of hydrogen-bond acceptors (Lipinski definition) is 2. The molecule has 1 N–H and O–H groups in total. The van der Waals surface area contributed by atoms with Gasteiger partial charge < -0.3 is 5.32 Å². The number of allylic oxidation sites excluding steroid dienone is 1. The molecule has 2 rings (SSSR count). The van der Waals surface area contributed by atoms with Crippen molar-refractivity contribution in [3.63, 3.8) is 0 Å². The van der Waals surface area contributed by atoms with E-state index in [1.165, 1.54) is 12.2 Å². The highest BCUT2D eigenvalue weighted by Crippen LogP contribution is 2.05. The maximum Gasteiger partial charge on any atom is 0.248 e. The van der Waals surface area contributed by atoms with Crippen LogP contribution in [0.15, 0.2) is 72.8 Å². The van der Waals surface area contributed by atoms with E-state index in [-0.39, 0.29) is 11.7 Å². The monoisotopic (exact) mass is 251 g/mol. The number of hydrogen-bond donors (Lipinski definition) is 1. The SMILES string of the molecule is O=C(C=CC(=O)c1ccccc1)Nc1ccccc1. The zero-order valence-electron chi connectivity index (χ0n) is 10.2. The molecule has 19 heavy (non-hydrogen) atoms. The molecule has 0 aliphatic rings. The van der Waals surface area contributed by atoms with Crippen molar-refractivity contribution >= 4 is 17.4 Å². The fourth-order valence-electron chi connectivity index (χ4n) is 1.56. The molecule has 0 saturated carbocycles. The van der Waals surface area contributed by atoms with E-state index in [0.29, 0.717) is 11.3 Å². The van der Waals surface area contributed by atoms with Gasteiger partial charge in [-0.2, -0.15) is 0 Å². The predicted molar refractivity (Wildman–Crippen MR) is 75.0 cm³/mol. The van der Waals surface area contributed by atoms with Gasteiger partial charge in [-0.25, -0.2) is 0 Å². The van der Waals surface area contributed by atoms with Crippen molar-refractivity contribution < 1.29 is 9.59 Å². The Kier molecular flexibility index (Phi) is 4.24. The summed E-state index contributed by atoms with van der Waals surface area (Å²) in [5.74, 6) is -0.515. The van der Waals surface area contributed by atoms with Crippen LogP contribution >= 0.6 is 0 Å². The van der Waals surface area contributed by atoms with E-state index < -0.39 is 0 Å². The minimum absolute atomic E-state index is 0.191. The molecule has 0 spiro atoms. The average molecular weight is 251 g/mol. The van der Waals surface area contributed by atoms with Crippen LogP contribution in [0, 0.1) is 0 Å². The van der Waals surface area contributed by atoms with Crippen molar-refractivity contribution in [2.45, 2.75) is 0 Å². The number of para-hydroxylation sites is 1. The van der Waals surface area contributed by atoms with Crippen molar-refractivity contribution in [2.75, 3.05) is 5.32 Å². The van der Waals surface area contributed by atoms with E-state index in [1.54, 1.807) is 36.4 Å². The molecule has 0 fully saturated rings. The van der Waals surface area contributed by atoms with Crippen molar-refractivity contribution in [1.82, 2.24) is 0 Å². The Balaban J connectivity index is 1.96. The highest BCUT2D eigenvalue weighted by molar-refractivity contribution is 6.09. The number of anilines is 1. The molecule has 0 atom stereocenters. The Morgan fingerprint density at radius 3 is 2.00 bits per heavy atom. The first-order chi connectivity index (χ1) is 9.25. The van der Waals surface area contributed by atoms with Gasteiger partial charge in [0.25, 0.3) is 0 Å². The first-order valence-corrected chi connectivity index (χ1v) is 5.89.